The van der Waals surface area contributed by atoms with Gasteiger partial charge in [0.1, 0.15) is 21.3 Å². The highest BCUT2D eigenvalue weighted by Crippen LogP contribution is 2.38. The minimum absolute atomic E-state index is 0.0190. The molecule has 0 spiro atoms. The van der Waals surface area contributed by atoms with E-state index in [2.05, 4.69) is 16.0 Å². The summed E-state index contributed by atoms with van der Waals surface area (Å²) >= 11 is 1.15. The average Bonchev–Trinajstić information content (AvgIpc) is 3.44. The zero-order chi connectivity index (χ0) is 22.9. The molecule has 33 heavy (non-hydrogen) atoms. The fourth-order valence-corrected chi connectivity index (χ4v) is 5.12. The highest BCUT2D eigenvalue weighted by atomic mass is 32.1. The third-order valence-electron chi connectivity index (χ3n) is 5.55. The summed E-state index contributed by atoms with van der Waals surface area (Å²) in [4.78, 5) is 26.9. The van der Waals surface area contributed by atoms with Crippen molar-refractivity contribution in [3.63, 3.8) is 0 Å². The van der Waals surface area contributed by atoms with Crippen LogP contribution in [0.3, 0.4) is 0 Å². The van der Waals surface area contributed by atoms with Crippen LogP contribution in [0.4, 0.5) is 20.2 Å². The topological polar surface area (TPSA) is 75.2 Å². The summed E-state index contributed by atoms with van der Waals surface area (Å²) in [6.07, 6.45) is 0.806. The van der Waals surface area contributed by atoms with Gasteiger partial charge in [-0.05, 0) is 43.3 Å². The molecule has 1 saturated heterocycles. The van der Waals surface area contributed by atoms with Crippen molar-refractivity contribution in [3.05, 3.63) is 87.5 Å². The summed E-state index contributed by atoms with van der Waals surface area (Å²) < 4.78 is 29.4. The maximum Gasteiger partial charge on any atom is 0.263 e. The van der Waals surface area contributed by atoms with E-state index in [1.54, 1.807) is 18.2 Å². The van der Waals surface area contributed by atoms with Gasteiger partial charge >= 0.3 is 0 Å². The van der Waals surface area contributed by atoms with Gasteiger partial charge in [-0.25, -0.2) is 8.78 Å². The second-order valence-electron chi connectivity index (χ2n) is 7.78. The molecule has 4 aromatic rings. The molecule has 0 bridgehead atoms. The van der Waals surface area contributed by atoms with Crippen LogP contribution < -0.4 is 21.5 Å². The predicted octanol–water partition coefficient (Wildman–Crippen LogP) is 4.17. The summed E-state index contributed by atoms with van der Waals surface area (Å²) in [5, 5.41) is 9.77. The van der Waals surface area contributed by atoms with Gasteiger partial charge in [-0.15, -0.1) is 11.3 Å². The van der Waals surface area contributed by atoms with Crippen molar-refractivity contribution >= 4 is 38.8 Å². The highest BCUT2D eigenvalue weighted by molar-refractivity contribution is 7.21. The Morgan fingerprint density at radius 2 is 1.91 bits per heavy atom. The molecule has 1 fully saturated rings. The number of amides is 1. The lowest BCUT2D eigenvalue weighted by atomic mass is 10.2. The number of aromatic nitrogens is 1. The molecule has 2 aromatic carbocycles. The van der Waals surface area contributed by atoms with E-state index >= 15 is 0 Å². The molecule has 1 amide bonds. The lowest BCUT2D eigenvalue weighted by molar-refractivity contribution is 0.0945. The van der Waals surface area contributed by atoms with Gasteiger partial charge in [-0.2, -0.15) is 0 Å². The van der Waals surface area contributed by atoms with Crippen LogP contribution in [-0.2, 0) is 0 Å². The molecule has 0 radical (unpaired) electrons. The van der Waals surface area contributed by atoms with Crippen LogP contribution in [0.25, 0.3) is 15.9 Å². The number of nitrogens with zero attached hydrogens (tertiary/aromatic N) is 1. The van der Waals surface area contributed by atoms with Crippen molar-refractivity contribution in [3.8, 4) is 5.69 Å². The normalized spacial score (nSPS) is 15.6. The number of carbonyl (C=O) groups excluding carboxylic acids is 1. The van der Waals surface area contributed by atoms with Crippen LogP contribution in [-0.4, -0.2) is 29.6 Å². The average molecular weight is 467 g/mol. The Morgan fingerprint density at radius 3 is 2.64 bits per heavy atom. The van der Waals surface area contributed by atoms with Crippen molar-refractivity contribution in [1.29, 1.82) is 0 Å². The van der Waals surface area contributed by atoms with E-state index in [0.717, 1.165) is 36.4 Å². The Kier molecular flexibility index (Phi) is 5.65. The quantitative estimate of drug-likeness (QED) is 0.413. The number of carbonyl (C=O) groups is 1. The lowest BCUT2D eigenvalue weighted by Gasteiger charge is -2.13. The minimum atomic E-state index is -0.780. The molecule has 1 aliphatic heterocycles. The van der Waals surface area contributed by atoms with Crippen LogP contribution in [0.1, 0.15) is 16.1 Å². The Hall–Kier alpha value is -3.56. The summed E-state index contributed by atoms with van der Waals surface area (Å²) in [5.41, 5.74) is 0.806. The zero-order valence-electron chi connectivity index (χ0n) is 17.4. The fourth-order valence-electron chi connectivity index (χ4n) is 3.94. The maximum atomic E-state index is 14.4. The number of thiophene rings is 1. The fraction of sp³-hybridized carbons (Fsp3) is 0.167. The molecule has 0 unspecified atom stereocenters. The minimum Gasteiger partial charge on any atom is -0.351 e. The first-order chi connectivity index (χ1) is 16.0. The number of halogens is 2. The Bertz CT molecular complexity index is 1400. The summed E-state index contributed by atoms with van der Waals surface area (Å²) in [6.45, 7) is 1.48. The zero-order valence-corrected chi connectivity index (χ0v) is 18.2. The molecule has 1 aliphatic rings. The number of hydrogen-bond acceptors (Lipinski definition) is 5. The van der Waals surface area contributed by atoms with Gasteiger partial charge in [0.2, 0.25) is 0 Å². The first-order valence-electron chi connectivity index (χ1n) is 10.5. The van der Waals surface area contributed by atoms with Crippen molar-refractivity contribution < 1.29 is 13.6 Å². The molecule has 3 heterocycles. The summed E-state index contributed by atoms with van der Waals surface area (Å²) in [5.74, 6) is -1.79. The van der Waals surface area contributed by atoms with Gasteiger partial charge in [0, 0.05) is 30.1 Å². The van der Waals surface area contributed by atoms with Crippen LogP contribution >= 0.6 is 11.3 Å². The number of pyridine rings is 1. The van der Waals surface area contributed by atoms with E-state index < -0.39 is 11.6 Å². The van der Waals surface area contributed by atoms with E-state index in [0.29, 0.717) is 33.0 Å². The number of benzene rings is 2. The van der Waals surface area contributed by atoms with Crippen LogP contribution in [0, 0.1) is 11.6 Å². The first kappa shape index (κ1) is 21.3. The van der Waals surface area contributed by atoms with E-state index in [1.807, 2.05) is 18.2 Å². The van der Waals surface area contributed by atoms with Crippen molar-refractivity contribution in [1.82, 2.24) is 15.2 Å². The maximum absolute atomic E-state index is 14.4. The Labute approximate surface area is 191 Å². The molecule has 168 valence electrons. The number of nitrogens with one attached hydrogen (secondary N) is 3. The van der Waals surface area contributed by atoms with Crippen molar-refractivity contribution in [2.24, 2.45) is 0 Å². The molecule has 9 heteroatoms. The number of hydrogen-bond donors (Lipinski definition) is 3. The number of anilines is 2. The smallest absolute Gasteiger partial charge is 0.263 e. The molecule has 2 aromatic heterocycles. The number of rotatable bonds is 5. The number of fused-ring (bicyclic) bond motifs is 1. The second kappa shape index (κ2) is 8.76. The molecule has 3 N–H and O–H groups in total. The molecule has 0 aliphatic carbocycles. The lowest BCUT2D eigenvalue weighted by Crippen LogP contribution is -2.36. The van der Waals surface area contributed by atoms with Crippen LogP contribution in [0.2, 0.25) is 0 Å². The van der Waals surface area contributed by atoms with Gasteiger partial charge in [-0.3, -0.25) is 14.2 Å². The van der Waals surface area contributed by atoms with E-state index in [1.165, 1.54) is 16.7 Å². The van der Waals surface area contributed by atoms with Gasteiger partial charge in [0.05, 0.1) is 17.1 Å². The van der Waals surface area contributed by atoms with Gasteiger partial charge in [-0.1, -0.05) is 18.2 Å². The SMILES string of the molecule is O=C(N[C@@H]1CCNC1)c1sc2c(ccc(=O)n2-c2ccccc2)c1Nc1ccc(F)cc1F. The van der Waals surface area contributed by atoms with Gasteiger partial charge < -0.3 is 16.0 Å². The third kappa shape index (κ3) is 4.12. The Balaban J connectivity index is 1.68. The van der Waals surface area contributed by atoms with Crippen molar-refractivity contribution in [2.45, 2.75) is 12.5 Å². The van der Waals surface area contributed by atoms with Gasteiger partial charge in [0.25, 0.3) is 11.5 Å². The summed E-state index contributed by atoms with van der Waals surface area (Å²) in [6, 6.07) is 15.3. The molecule has 1 atom stereocenters. The van der Waals surface area contributed by atoms with E-state index in [-0.39, 0.29) is 23.2 Å². The molecule has 5 rings (SSSR count). The molecule has 0 saturated carbocycles. The van der Waals surface area contributed by atoms with E-state index in [4.69, 9.17) is 0 Å². The predicted molar refractivity (Wildman–Crippen MR) is 126 cm³/mol. The number of para-hydroxylation sites is 1. The van der Waals surface area contributed by atoms with Crippen LogP contribution in [0.5, 0.6) is 0 Å². The summed E-state index contributed by atoms with van der Waals surface area (Å²) in [7, 11) is 0. The van der Waals surface area contributed by atoms with Crippen molar-refractivity contribution in [2.75, 3.05) is 18.4 Å². The van der Waals surface area contributed by atoms with Gasteiger partial charge in [0.15, 0.2) is 0 Å². The Morgan fingerprint density at radius 1 is 1.09 bits per heavy atom. The third-order valence-corrected chi connectivity index (χ3v) is 6.74. The molecular formula is C24H20F2N4O2S. The van der Waals surface area contributed by atoms with Crippen LogP contribution in [0.15, 0.2) is 65.5 Å². The largest absolute Gasteiger partial charge is 0.351 e. The standard InChI is InChI=1S/C24H20F2N4O2S/c25-14-6-8-19(18(26)12-14)29-21-17-7-9-20(31)30(16-4-2-1-3-5-16)24(17)33-22(21)23(32)28-15-10-11-27-13-15/h1-9,12,15,27,29H,10-11,13H2,(H,28,32)/t15-/m1/s1. The van der Waals surface area contributed by atoms with E-state index in [9.17, 15) is 18.4 Å². The highest BCUT2D eigenvalue weighted by Gasteiger charge is 2.25. The monoisotopic (exact) mass is 466 g/mol. The molecular weight excluding hydrogens is 446 g/mol. The first-order valence-corrected chi connectivity index (χ1v) is 11.3. The second-order valence-corrected chi connectivity index (χ2v) is 8.78. The molecule has 6 nitrogen and oxygen atoms in total.